The van der Waals surface area contributed by atoms with Gasteiger partial charge in [0.05, 0.1) is 12.5 Å². The average Bonchev–Trinajstić information content (AvgIpc) is 2.44. The predicted molar refractivity (Wildman–Crippen MR) is 78.8 cm³/mol. The molecule has 0 radical (unpaired) electrons. The molecule has 5 nitrogen and oxygen atoms in total. The third-order valence-corrected chi connectivity index (χ3v) is 3.02. The molecule has 0 aromatic heterocycles. The smallest absolute Gasteiger partial charge is 0.222 e. The molecule has 0 spiro atoms. The van der Waals surface area contributed by atoms with Gasteiger partial charge in [-0.2, -0.15) is 0 Å². The molecule has 110 valence electrons. The molecule has 5 heteroatoms. The van der Waals surface area contributed by atoms with Gasteiger partial charge in [0.25, 0.3) is 0 Å². The summed E-state index contributed by atoms with van der Waals surface area (Å²) in [5.74, 6) is 0.00442. The molecule has 2 unspecified atom stereocenters. The third-order valence-electron chi connectivity index (χ3n) is 3.02. The molecule has 0 fully saturated rings. The van der Waals surface area contributed by atoms with Crippen molar-refractivity contribution >= 4 is 11.8 Å². The lowest BCUT2D eigenvalue weighted by atomic mass is 10.0. The molecular formula is C15H23N3O2. The highest BCUT2D eigenvalue weighted by Gasteiger charge is 2.16. The summed E-state index contributed by atoms with van der Waals surface area (Å²) in [6.07, 6.45) is 0.223. The first-order valence-corrected chi connectivity index (χ1v) is 6.81. The van der Waals surface area contributed by atoms with E-state index in [1.807, 2.05) is 37.3 Å². The molecule has 0 saturated carbocycles. The summed E-state index contributed by atoms with van der Waals surface area (Å²) in [5.41, 5.74) is 6.43. The number of benzene rings is 1. The van der Waals surface area contributed by atoms with Crippen molar-refractivity contribution < 1.29 is 9.59 Å². The lowest BCUT2D eigenvalue weighted by Crippen LogP contribution is -2.35. The standard InChI is InChI=1S/C15H23N3O2/c1-11(9-16)10-17-15(20)8-14(18-12(2)19)13-6-4-3-5-7-13/h3-7,11,14H,8-10,16H2,1-2H3,(H,17,20)(H,18,19). The maximum absolute atomic E-state index is 11.9. The van der Waals surface area contributed by atoms with Gasteiger partial charge in [-0.3, -0.25) is 9.59 Å². The number of hydrogen-bond acceptors (Lipinski definition) is 3. The van der Waals surface area contributed by atoms with E-state index in [4.69, 9.17) is 5.73 Å². The highest BCUT2D eigenvalue weighted by Crippen LogP contribution is 2.16. The van der Waals surface area contributed by atoms with Crippen LogP contribution in [0.25, 0.3) is 0 Å². The van der Waals surface area contributed by atoms with Gasteiger partial charge in [-0.15, -0.1) is 0 Å². The summed E-state index contributed by atoms with van der Waals surface area (Å²) in [6, 6.07) is 9.17. The molecule has 2 atom stereocenters. The van der Waals surface area contributed by atoms with Crippen molar-refractivity contribution in [2.24, 2.45) is 11.7 Å². The van der Waals surface area contributed by atoms with Crippen LogP contribution < -0.4 is 16.4 Å². The van der Waals surface area contributed by atoms with E-state index >= 15 is 0 Å². The Morgan fingerprint density at radius 2 is 1.90 bits per heavy atom. The zero-order valence-electron chi connectivity index (χ0n) is 12.1. The van der Waals surface area contributed by atoms with Gasteiger partial charge in [0.1, 0.15) is 0 Å². The van der Waals surface area contributed by atoms with Crippen LogP contribution in [0.15, 0.2) is 30.3 Å². The predicted octanol–water partition coefficient (Wildman–Crippen LogP) is 0.965. The van der Waals surface area contributed by atoms with Crippen LogP contribution in [0.3, 0.4) is 0 Å². The first-order chi connectivity index (χ1) is 9.52. The van der Waals surface area contributed by atoms with E-state index in [9.17, 15) is 9.59 Å². The zero-order chi connectivity index (χ0) is 15.0. The van der Waals surface area contributed by atoms with Gasteiger partial charge in [-0.05, 0) is 18.0 Å². The number of nitrogens with one attached hydrogen (secondary N) is 2. The second-order valence-electron chi connectivity index (χ2n) is 5.01. The first kappa shape index (κ1) is 16.2. The second kappa shape index (κ2) is 8.32. The largest absolute Gasteiger partial charge is 0.356 e. The van der Waals surface area contributed by atoms with Crippen molar-refractivity contribution in [2.75, 3.05) is 13.1 Å². The topological polar surface area (TPSA) is 84.2 Å². The molecule has 1 aromatic rings. The van der Waals surface area contributed by atoms with Crippen molar-refractivity contribution in [3.63, 3.8) is 0 Å². The number of hydrogen-bond donors (Lipinski definition) is 3. The molecule has 1 aromatic carbocycles. The molecule has 0 aliphatic rings. The number of rotatable bonds is 7. The minimum atomic E-state index is -0.304. The summed E-state index contributed by atoms with van der Waals surface area (Å²) in [5, 5.41) is 5.64. The summed E-state index contributed by atoms with van der Waals surface area (Å²) in [7, 11) is 0. The Kier molecular flexibility index (Phi) is 6.73. The summed E-state index contributed by atoms with van der Waals surface area (Å²) in [4.78, 5) is 23.2. The van der Waals surface area contributed by atoms with E-state index in [0.29, 0.717) is 13.1 Å². The van der Waals surface area contributed by atoms with Crippen molar-refractivity contribution in [1.82, 2.24) is 10.6 Å². The van der Waals surface area contributed by atoms with E-state index < -0.39 is 0 Å². The SMILES string of the molecule is CC(=O)NC(CC(=O)NCC(C)CN)c1ccccc1. The molecular weight excluding hydrogens is 254 g/mol. The highest BCUT2D eigenvalue weighted by atomic mass is 16.2. The van der Waals surface area contributed by atoms with E-state index in [1.165, 1.54) is 6.92 Å². The minimum Gasteiger partial charge on any atom is -0.356 e. The van der Waals surface area contributed by atoms with Crippen molar-refractivity contribution in [3.8, 4) is 0 Å². The van der Waals surface area contributed by atoms with Gasteiger partial charge >= 0.3 is 0 Å². The fraction of sp³-hybridized carbons (Fsp3) is 0.467. The Labute approximate surface area is 119 Å². The van der Waals surface area contributed by atoms with Crippen molar-refractivity contribution in [1.29, 1.82) is 0 Å². The van der Waals surface area contributed by atoms with Gasteiger partial charge in [-0.1, -0.05) is 37.3 Å². The zero-order valence-corrected chi connectivity index (χ0v) is 12.1. The molecule has 0 bridgehead atoms. The summed E-state index contributed by atoms with van der Waals surface area (Å²) >= 11 is 0. The monoisotopic (exact) mass is 277 g/mol. The van der Waals surface area contributed by atoms with Crippen LogP contribution in [-0.2, 0) is 9.59 Å². The lowest BCUT2D eigenvalue weighted by Gasteiger charge is -2.18. The van der Waals surface area contributed by atoms with Gasteiger partial charge in [-0.25, -0.2) is 0 Å². The fourth-order valence-electron chi connectivity index (χ4n) is 1.81. The number of amides is 2. The van der Waals surface area contributed by atoms with Crippen LogP contribution in [0, 0.1) is 5.92 Å². The molecule has 0 aliphatic carbocycles. The van der Waals surface area contributed by atoms with E-state index in [2.05, 4.69) is 10.6 Å². The molecule has 0 aliphatic heterocycles. The van der Waals surface area contributed by atoms with Gasteiger partial charge < -0.3 is 16.4 Å². The van der Waals surface area contributed by atoms with Gasteiger partial charge in [0.2, 0.25) is 11.8 Å². The molecule has 0 heterocycles. The normalized spacial score (nSPS) is 13.3. The van der Waals surface area contributed by atoms with Crippen LogP contribution in [0.1, 0.15) is 31.9 Å². The van der Waals surface area contributed by atoms with Crippen LogP contribution in [0.4, 0.5) is 0 Å². The lowest BCUT2D eigenvalue weighted by molar-refractivity contribution is -0.122. The van der Waals surface area contributed by atoms with E-state index in [-0.39, 0.29) is 30.2 Å². The fourth-order valence-corrected chi connectivity index (χ4v) is 1.81. The van der Waals surface area contributed by atoms with Crippen molar-refractivity contribution in [2.45, 2.75) is 26.3 Å². The summed E-state index contributed by atoms with van der Waals surface area (Å²) < 4.78 is 0. The van der Waals surface area contributed by atoms with E-state index in [1.54, 1.807) is 0 Å². The van der Waals surface area contributed by atoms with Gasteiger partial charge in [0, 0.05) is 13.5 Å². The Balaban J connectivity index is 2.61. The van der Waals surface area contributed by atoms with Crippen LogP contribution >= 0.6 is 0 Å². The van der Waals surface area contributed by atoms with Crippen LogP contribution in [0.2, 0.25) is 0 Å². The minimum absolute atomic E-state index is 0.0899. The Morgan fingerprint density at radius 3 is 2.45 bits per heavy atom. The molecule has 0 saturated heterocycles. The van der Waals surface area contributed by atoms with E-state index in [0.717, 1.165) is 5.56 Å². The third kappa shape index (κ3) is 5.84. The Bertz CT molecular complexity index is 434. The maximum atomic E-state index is 11.9. The quantitative estimate of drug-likeness (QED) is 0.694. The van der Waals surface area contributed by atoms with Crippen LogP contribution in [0.5, 0.6) is 0 Å². The molecule has 20 heavy (non-hydrogen) atoms. The number of nitrogens with two attached hydrogens (primary N) is 1. The Morgan fingerprint density at radius 1 is 1.25 bits per heavy atom. The molecule has 1 rings (SSSR count). The highest BCUT2D eigenvalue weighted by molar-refractivity contribution is 5.79. The average molecular weight is 277 g/mol. The second-order valence-corrected chi connectivity index (χ2v) is 5.01. The Hall–Kier alpha value is -1.88. The van der Waals surface area contributed by atoms with Gasteiger partial charge in [0.15, 0.2) is 0 Å². The maximum Gasteiger partial charge on any atom is 0.222 e. The number of carbonyl (C=O) groups excluding carboxylic acids is 2. The first-order valence-electron chi connectivity index (χ1n) is 6.81. The summed E-state index contributed by atoms with van der Waals surface area (Å²) in [6.45, 7) is 4.51. The number of carbonyl (C=O) groups is 2. The van der Waals surface area contributed by atoms with Crippen LogP contribution in [-0.4, -0.2) is 24.9 Å². The van der Waals surface area contributed by atoms with Crippen molar-refractivity contribution in [3.05, 3.63) is 35.9 Å². The molecule has 2 amide bonds. The molecule has 4 N–H and O–H groups in total.